The largest absolute Gasteiger partial charge is 0.490 e. The summed E-state index contributed by atoms with van der Waals surface area (Å²) in [7, 11) is -35.0. The molecule has 0 bridgehead atoms. The van der Waals surface area contributed by atoms with Crippen LogP contribution in [0.15, 0.2) is 4.52 Å². The van der Waals surface area contributed by atoms with E-state index in [4.69, 9.17) is 29.4 Å². The molecule has 0 aliphatic carbocycles. The van der Waals surface area contributed by atoms with Crippen molar-refractivity contribution in [2.75, 3.05) is 0 Å². The van der Waals surface area contributed by atoms with Crippen LogP contribution in [0.1, 0.15) is 0 Å². The van der Waals surface area contributed by atoms with Gasteiger partial charge in [0, 0.05) is 0 Å². The molecule has 30 heteroatoms. The first kappa shape index (κ1) is 31.8. The summed E-state index contributed by atoms with van der Waals surface area (Å²) in [5.74, 6) is 0. The van der Waals surface area contributed by atoms with Crippen molar-refractivity contribution in [2.45, 2.75) is 0 Å². The normalized spacial score (nSPS) is 23.5. The molecule has 0 aromatic rings. The second-order valence-corrected chi connectivity index (χ2v) is 15.6. The zero-order valence-electron chi connectivity index (χ0n) is 13.2. The van der Waals surface area contributed by atoms with Crippen LogP contribution < -0.4 is 4.86 Å². The van der Waals surface area contributed by atoms with Gasteiger partial charge in [0.05, 0.1) is 8.52 Å². The van der Waals surface area contributed by atoms with Gasteiger partial charge in [-0.05, 0) is 9.39 Å². The Bertz CT molecular complexity index is 894. The van der Waals surface area contributed by atoms with Crippen molar-refractivity contribution >= 4 is 73.8 Å². The lowest BCUT2D eigenvalue weighted by Crippen LogP contribution is -1.99. The van der Waals surface area contributed by atoms with Crippen molar-refractivity contribution in [1.29, 1.82) is 0 Å². The van der Waals surface area contributed by atoms with Crippen LogP contribution in [-0.2, 0) is 53.3 Å². The van der Waals surface area contributed by atoms with Gasteiger partial charge < -0.3 is 34.3 Å². The third kappa shape index (κ3) is 16.4. The Morgan fingerprint density at radius 1 is 0.667 bits per heavy atom. The maximum atomic E-state index is 11.5. The molecule has 0 aromatic heterocycles. The minimum Gasteiger partial charge on any atom is -0.302 e. The van der Waals surface area contributed by atoms with Crippen LogP contribution in [0.5, 0.6) is 0 Å². The predicted octanol–water partition coefficient (Wildman–Crippen LogP) is 1.61. The Labute approximate surface area is 171 Å². The quantitative estimate of drug-likeness (QED) is 0.101. The molecule has 0 heterocycles. The Morgan fingerprint density at radius 2 is 1.00 bits per heavy atom. The smallest absolute Gasteiger partial charge is 0.302 e. The van der Waals surface area contributed by atoms with Gasteiger partial charge >= 0.3 is 46.9 Å². The SMILES string of the molecule is O=P(O)(O)OP(=O)(O)OP(=O)(O)OP(=O)(O)OP(=O)(O)OP(=O)(O)OPNP=NP. The van der Waals surface area contributed by atoms with Gasteiger partial charge in [0.25, 0.3) is 0 Å². The molecule has 0 aromatic carbocycles. The van der Waals surface area contributed by atoms with Gasteiger partial charge in [-0.1, -0.05) is 0 Å². The number of phosphoric acid groups is 6. The van der Waals surface area contributed by atoms with Crippen molar-refractivity contribution in [3.8, 4) is 0 Å². The summed E-state index contributed by atoms with van der Waals surface area (Å²) in [5, 5.41) is 0. The molecule has 0 spiro atoms. The summed E-state index contributed by atoms with van der Waals surface area (Å²) in [6.07, 6.45) is 0. The first-order valence-corrected chi connectivity index (χ1v) is 16.9. The molecule has 0 aliphatic rings. The second-order valence-electron chi connectivity index (χ2n) is 3.76. The van der Waals surface area contributed by atoms with Gasteiger partial charge in [-0.25, -0.2) is 41.1 Å². The van der Waals surface area contributed by atoms with Crippen molar-refractivity contribution in [3.05, 3.63) is 0 Å². The third-order valence-electron chi connectivity index (χ3n) is 1.35. The fraction of sp³-hybridized carbons (Fsp3) is 0. The summed E-state index contributed by atoms with van der Waals surface area (Å²) in [6, 6.07) is 0. The molecule has 0 fully saturated rings. The lowest BCUT2D eigenvalue weighted by atomic mass is 13.9. The molecule has 0 saturated carbocycles. The van der Waals surface area contributed by atoms with Crippen molar-refractivity contribution in [2.24, 2.45) is 4.52 Å². The number of nitrogens with one attached hydrogen (secondary N) is 1. The van der Waals surface area contributed by atoms with Crippen molar-refractivity contribution < 1.29 is 87.5 Å². The van der Waals surface area contributed by atoms with E-state index >= 15 is 0 Å². The summed E-state index contributed by atoms with van der Waals surface area (Å²) < 4.78 is 91.4. The van der Waals surface area contributed by atoms with Gasteiger partial charge in [0.15, 0.2) is 0 Å². The average molecular weight is 622 g/mol. The predicted molar refractivity (Wildman–Crippen MR) is 98.2 cm³/mol. The first-order valence-electron chi connectivity index (χ1n) is 5.64. The Kier molecular flexibility index (Phi) is 12.7. The second kappa shape index (κ2) is 12.0. The van der Waals surface area contributed by atoms with Crippen molar-refractivity contribution in [1.82, 2.24) is 4.86 Å². The van der Waals surface area contributed by atoms with E-state index in [9.17, 15) is 32.3 Å². The van der Waals surface area contributed by atoms with E-state index in [1.54, 1.807) is 0 Å². The Hall–Kier alpha value is 1.78. The lowest BCUT2D eigenvalue weighted by molar-refractivity contribution is 0.186. The maximum Gasteiger partial charge on any atom is 0.490 e. The molecule has 0 aliphatic heterocycles. The van der Waals surface area contributed by atoms with Crippen LogP contribution in [0.25, 0.3) is 0 Å². The number of hydrogen-bond donors (Lipinski definition) is 8. The van der Waals surface area contributed by atoms with E-state index in [1.807, 2.05) is 9.39 Å². The highest BCUT2D eigenvalue weighted by Crippen LogP contribution is 2.75. The number of rotatable bonds is 14. The molecule has 180 valence electrons. The van der Waals surface area contributed by atoms with Crippen LogP contribution in [0.4, 0.5) is 0 Å². The van der Waals surface area contributed by atoms with E-state index in [1.165, 1.54) is 0 Å². The van der Waals surface area contributed by atoms with Crippen LogP contribution in [-0.4, -0.2) is 34.3 Å². The maximum absolute atomic E-state index is 11.5. The highest BCUT2D eigenvalue weighted by molar-refractivity contribution is 7.72. The standard InChI is InChI=1S/H11N2O19P9/c3-25(4,5)17-27(8,9)19-29(12,13)21-30(14,15)20-28(10,11)18-26(6,7)16-24-2-23-1-22/h24H,22H2,(H,1,2)(H,6,7)(H,8,9)(H,10,11)(H,12,13)(H,14,15)(H2,3,4,5). The monoisotopic (exact) mass is 622 g/mol. The molecular formula is H11N2O19P9. The number of hydrogen-bond acceptors (Lipinski definition) is 13. The summed E-state index contributed by atoms with van der Waals surface area (Å²) in [4.78, 5) is 64.2. The summed E-state index contributed by atoms with van der Waals surface area (Å²) in [6.45, 7) is 0. The van der Waals surface area contributed by atoms with E-state index in [0.717, 1.165) is 0 Å². The third-order valence-corrected chi connectivity index (χ3v) is 12.1. The molecule has 0 rings (SSSR count). The molecule has 7 atom stereocenters. The minimum absolute atomic E-state index is 0.123. The lowest BCUT2D eigenvalue weighted by Gasteiger charge is -2.20. The van der Waals surface area contributed by atoms with Gasteiger partial charge in [0.1, 0.15) is 8.96 Å². The molecule has 8 N–H and O–H groups in total. The minimum atomic E-state index is -6.28. The van der Waals surface area contributed by atoms with Crippen LogP contribution >= 0.6 is 73.8 Å². The number of nitrogens with zero attached hydrogens (tertiary/aromatic N) is 1. The molecule has 21 nitrogen and oxygen atoms in total. The molecule has 0 amide bonds. The summed E-state index contributed by atoms with van der Waals surface area (Å²) in [5.41, 5.74) is 0. The zero-order valence-corrected chi connectivity index (χ0v) is 21.6. The van der Waals surface area contributed by atoms with Gasteiger partial charge in [-0.3, -0.25) is 0 Å². The Balaban J connectivity index is 5.15. The zero-order chi connectivity index (χ0) is 24.1. The van der Waals surface area contributed by atoms with E-state index in [0.29, 0.717) is 0 Å². The fourth-order valence-corrected chi connectivity index (χ4v) is 10.00. The first-order chi connectivity index (χ1) is 13.1. The molecule has 0 radical (unpaired) electrons. The fourth-order valence-electron chi connectivity index (χ4n) is 0.860. The Morgan fingerprint density at radius 3 is 1.33 bits per heavy atom. The topological polar surface area (TPSA) is 324 Å². The highest BCUT2D eigenvalue weighted by atomic mass is 31.3. The molecule has 30 heavy (non-hydrogen) atoms. The summed E-state index contributed by atoms with van der Waals surface area (Å²) >= 11 is 0. The van der Waals surface area contributed by atoms with E-state index < -0.39 is 55.9 Å². The van der Waals surface area contributed by atoms with Gasteiger partial charge in [-0.2, -0.15) is 21.6 Å². The average Bonchev–Trinajstić information content (AvgIpc) is 2.34. The highest BCUT2D eigenvalue weighted by Gasteiger charge is 2.49. The van der Waals surface area contributed by atoms with Crippen molar-refractivity contribution in [3.63, 3.8) is 0 Å². The van der Waals surface area contributed by atoms with Gasteiger partial charge in [0.2, 0.25) is 0 Å². The molecular weight excluding hydrogens is 611 g/mol. The van der Waals surface area contributed by atoms with E-state index in [-0.39, 0.29) is 8.52 Å². The molecule has 7 unspecified atom stereocenters. The van der Waals surface area contributed by atoms with E-state index in [2.05, 4.69) is 35.2 Å². The van der Waals surface area contributed by atoms with Crippen LogP contribution in [0.3, 0.4) is 0 Å². The van der Waals surface area contributed by atoms with Crippen LogP contribution in [0, 0.1) is 0 Å². The molecule has 0 saturated heterocycles. The van der Waals surface area contributed by atoms with Gasteiger partial charge in [-0.15, -0.1) is 0 Å². The van der Waals surface area contributed by atoms with Crippen LogP contribution in [0.2, 0.25) is 0 Å².